The molecule has 8 atom stereocenters. The molecule has 0 aromatic heterocycles. The van der Waals surface area contributed by atoms with Gasteiger partial charge >= 0.3 is 12.1 Å². The smallest absolute Gasteiger partial charge is 0.394 e. The first kappa shape index (κ1) is 64.7. The number of nitrogens with zero attached hydrogens (tertiary/aromatic N) is 1. The molecule has 0 aliphatic heterocycles. The lowest BCUT2D eigenvalue weighted by Gasteiger charge is -2.27. The second kappa shape index (κ2) is 32.6. The van der Waals surface area contributed by atoms with Crippen molar-refractivity contribution in [3.05, 3.63) is 0 Å². The lowest BCUT2D eigenvalue weighted by Crippen LogP contribution is -2.58. The van der Waals surface area contributed by atoms with E-state index < -0.39 is 145 Å². The molecule has 10 amide bonds. The average Bonchev–Trinajstić information content (AvgIpc) is 3.27. The highest BCUT2D eigenvalue weighted by Gasteiger charge is 2.41. The van der Waals surface area contributed by atoms with Gasteiger partial charge in [-0.2, -0.15) is 13.2 Å². The van der Waals surface area contributed by atoms with Crippen molar-refractivity contribution in [3.63, 3.8) is 0 Å². The van der Waals surface area contributed by atoms with Gasteiger partial charge in [0.15, 0.2) is 5.96 Å². The molecule has 0 heterocycles. The van der Waals surface area contributed by atoms with E-state index in [-0.39, 0.29) is 74.1 Å². The maximum absolute atomic E-state index is 13.7. The minimum Gasteiger partial charge on any atom is -0.394 e. The van der Waals surface area contributed by atoms with E-state index in [0.29, 0.717) is 6.42 Å². The fourth-order valence-electron chi connectivity index (χ4n) is 6.01. The van der Waals surface area contributed by atoms with E-state index >= 15 is 0 Å². The van der Waals surface area contributed by atoms with Crippen molar-refractivity contribution in [1.29, 1.82) is 0 Å². The van der Waals surface area contributed by atoms with Crippen LogP contribution < -0.4 is 71.2 Å². The maximum Gasteiger partial charge on any atom is 0.471 e. The average molecular weight is 1040 g/mol. The van der Waals surface area contributed by atoms with Gasteiger partial charge in [0.25, 0.3) is 0 Å². The van der Waals surface area contributed by atoms with Crippen molar-refractivity contribution < 1.29 is 71.0 Å². The van der Waals surface area contributed by atoms with Crippen LogP contribution in [-0.2, 0) is 52.7 Å². The van der Waals surface area contributed by atoms with E-state index in [1.165, 1.54) is 5.32 Å². The highest BCUT2D eigenvalue weighted by atomic mass is 32.2. The van der Waals surface area contributed by atoms with Gasteiger partial charge in [0.1, 0.15) is 36.3 Å². The van der Waals surface area contributed by atoms with Gasteiger partial charge < -0.3 is 76.3 Å². The number of rotatable bonds is 33. The number of nitrogens with two attached hydrogens (primary N) is 5. The highest BCUT2D eigenvalue weighted by Crippen LogP contribution is 2.16. The molecule has 30 heteroatoms. The topological polar surface area (TPSA) is 447 Å². The molecule has 0 fully saturated rings. The van der Waals surface area contributed by atoms with Crippen molar-refractivity contribution >= 4 is 81.9 Å². The standard InChI is InChI=1S/C41H71F3N14O12S/c1-7-21(6)31(46)38(69)57-25(14-20(4)5)36(67)55-23(10-11-28(45)60)35(66)54-22(9-8-12-50-40(48)49)33(64)51-15-29(61)53-26(17-59)34(65)52-16-30(62)71-18-27(58-39(70)41(42,43)44)37(68)56-24(32(47)63)13-19(2)3/h19-27,31,59H,7-18,46H2,1-6H3,(H2,45,60)(H2,47,63)(H,51,64)(H,52,65)(H,53,61)(H,54,66)(H,55,67)(H,56,68)(H,57,69)(H,58,70)(H4,48,49,50)/t21-,22-,23-,24-,25-,26-,27-,31-/m0/s1. The second-order valence-corrected chi connectivity index (χ2v) is 18.3. The minimum atomic E-state index is -5.43. The first-order valence-corrected chi connectivity index (χ1v) is 23.5. The Labute approximate surface area is 413 Å². The van der Waals surface area contributed by atoms with Gasteiger partial charge in [-0.1, -0.05) is 59.7 Å². The Balaban J connectivity index is 5.96. The van der Waals surface area contributed by atoms with Gasteiger partial charge in [-0.15, -0.1) is 0 Å². The number of aliphatic hydroxyl groups is 1. The summed E-state index contributed by atoms with van der Waals surface area (Å²) in [4.78, 5) is 144. The predicted molar refractivity (Wildman–Crippen MR) is 252 cm³/mol. The number of alkyl halides is 3. The first-order chi connectivity index (χ1) is 32.9. The molecule has 404 valence electrons. The maximum atomic E-state index is 13.7. The SMILES string of the molecule is CC[C@H](C)[C@H](N)C(=O)N[C@@H](CC(C)C)C(=O)N[C@@H](CCC(N)=O)C(=O)N[C@@H](CCCN=C(N)N)C(=O)NCC(=O)N[C@@H](CO)C(=O)NCC(=O)SC[C@H](NC(=O)C(F)(F)F)C(=O)N[C@@H](CC(C)C)C(N)=O. The molecule has 0 aliphatic carbocycles. The van der Waals surface area contributed by atoms with Gasteiger partial charge in [0.05, 0.1) is 25.7 Å². The van der Waals surface area contributed by atoms with E-state index in [4.69, 9.17) is 28.7 Å². The van der Waals surface area contributed by atoms with E-state index in [2.05, 4.69) is 42.2 Å². The minimum absolute atomic E-state index is 0.00247. The number of aliphatic hydroxyl groups excluding tert-OH is 1. The molecular formula is C41H71F3N14O12S. The first-order valence-electron chi connectivity index (χ1n) is 22.5. The van der Waals surface area contributed by atoms with Crippen LogP contribution in [0.4, 0.5) is 13.2 Å². The molecular weight excluding hydrogens is 970 g/mol. The Kier molecular flexibility index (Phi) is 29.7. The zero-order valence-corrected chi connectivity index (χ0v) is 41.4. The van der Waals surface area contributed by atoms with Crippen LogP contribution in [0.3, 0.4) is 0 Å². The third-order valence-electron chi connectivity index (χ3n) is 10.1. The van der Waals surface area contributed by atoms with Gasteiger partial charge in [-0.3, -0.25) is 57.7 Å². The number of hydrogen-bond acceptors (Lipinski definition) is 15. The number of hydrogen-bond donors (Lipinski definition) is 14. The van der Waals surface area contributed by atoms with Crippen molar-refractivity contribution in [1.82, 2.24) is 42.5 Å². The zero-order chi connectivity index (χ0) is 54.8. The van der Waals surface area contributed by atoms with Crippen molar-refractivity contribution in [2.24, 2.45) is 51.4 Å². The highest BCUT2D eigenvalue weighted by molar-refractivity contribution is 8.13. The van der Waals surface area contributed by atoms with Crippen LogP contribution in [0.2, 0.25) is 0 Å². The normalized spacial score (nSPS) is 14.7. The molecule has 26 nitrogen and oxygen atoms in total. The molecule has 0 aromatic carbocycles. The summed E-state index contributed by atoms with van der Waals surface area (Å²) in [6, 6.07) is -10.1. The van der Waals surface area contributed by atoms with Crippen LogP contribution in [0, 0.1) is 17.8 Å². The summed E-state index contributed by atoms with van der Waals surface area (Å²) in [5, 5.41) is 26.5. The summed E-state index contributed by atoms with van der Waals surface area (Å²) < 4.78 is 39.1. The number of nitrogens with one attached hydrogen (secondary N) is 8. The van der Waals surface area contributed by atoms with Crippen LogP contribution in [0.25, 0.3) is 0 Å². The number of carbonyl (C=O) groups is 11. The predicted octanol–water partition coefficient (Wildman–Crippen LogP) is -4.79. The largest absolute Gasteiger partial charge is 0.471 e. The van der Waals surface area contributed by atoms with Crippen LogP contribution in [0.5, 0.6) is 0 Å². The molecule has 0 radical (unpaired) electrons. The lowest BCUT2D eigenvalue weighted by atomic mass is 9.97. The van der Waals surface area contributed by atoms with Crippen LogP contribution >= 0.6 is 11.8 Å². The lowest BCUT2D eigenvalue weighted by molar-refractivity contribution is -0.174. The van der Waals surface area contributed by atoms with E-state index in [1.807, 2.05) is 6.92 Å². The number of guanidine groups is 1. The Bertz CT molecular complexity index is 1890. The van der Waals surface area contributed by atoms with E-state index in [1.54, 1.807) is 34.6 Å². The molecule has 0 unspecified atom stereocenters. The van der Waals surface area contributed by atoms with Crippen molar-refractivity contribution in [3.8, 4) is 0 Å². The Morgan fingerprint density at radius 2 is 1.11 bits per heavy atom. The second-order valence-electron chi connectivity index (χ2n) is 17.2. The van der Waals surface area contributed by atoms with Crippen LogP contribution in [-0.4, -0.2) is 156 Å². The summed E-state index contributed by atoms with van der Waals surface area (Å²) in [6.45, 7) is 7.70. The molecule has 0 saturated heterocycles. The Hall–Kier alpha value is -6.30. The number of carbonyl (C=O) groups excluding carboxylic acids is 11. The number of thioether (sulfide) groups is 1. The molecule has 19 N–H and O–H groups in total. The number of primary amides is 2. The van der Waals surface area contributed by atoms with Crippen molar-refractivity contribution in [2.45, 2.75) is 135 Å². The number of amides is 10. The van der Waals surface area contributed by atoms with Crippen LogP contribution in [0.15, 0.2) is 4.99 Å². The molecule has 0 saturated carbocycles. The molecule has 0 rings (SSSR count). The summed E-state index contributed by atoms with van der Waals surface area (Å²) in [6.07, 6.45) is -5.54. The zero-order valence-electron chi connectivity index (χ0n) is 40.6. The molecule has 0 aromatic rings. The number of halogens is 3. The molecule has 0 bridgehead atoms. The third-order valence-corrected chi connectivity index (χ3v) is 11.1. The number of aliphatic imine (C=N–C) groups is 1. The summed E-state index contributed by atoms with van der Waals surface area (Å²) in [5.41, 5.74) is 27.5. The van der Waals surface area contributed by atoms with E-state index in [9.17, 15) is 71.0 Å². The molecule has 71 heavy (non-hydrogen) atoms. The quantitative estimate of drug-likeness (QED) is 0.0167. The van der Waals surface area contributed by atoms with E-state index in [0.717, 1.165) is 0 Å². The summed E-state index contributed by atoms with van der Waals surface area (Å²) >= 11 is 0.212. The Morgan fingerprint density at radius 1 is 0.620 bits per heavy atom. The summed E-state index contributed by atoms with van der Waals surface area (Å²) in [7, 11) is 0. The summed E-state index contributed by atoms with van der Waals surface area (Å²) in [5.74, 6) is -12.8. The Morgan fingerprint density at radius 3 is 1.62 bits per heavy atom. The monoisotopic (exact) mass is 1040 g/mol. The van der Waals surface area contributed by atoms with Gasteiger partial charge in [-0.25, -0.2) is 0 Å². The third kappa shape index (κ3) is 27.0. The molecule has 0 aliphatic rings. The van der Waals surface area contributed by atoms with Gasteiger partial charge in [0.2, 0.25) is 58.3 Å². The fourth-order valence-corrected chi connectivity index (χ4v) is 6.77. The van der Waals surface area contributed by atoms with Crippen LogP contribution in [0.1, 0.15) is 86.5 Å². The fraction of sp³-hybridized carbons (Fsp3) is 0.707. The van der Waals surface area contributed by atoms with Gasteiger partial charge in [0, 0.05) is 18.7 Å². The van der Waals surface area contributed by atoms with Crippen molar-refractivity contribution in [2.75, 3.05) is 32.0 Å². The molecule has 0 spiro atoms. The van der Waals surface area contributed by atoms with Gasteiger partial charge in [-0.05, 0) is 49.9 Å².